The molecule has 1 spiro atoms. The summed E-state index contributed by atoms with van der Waals surface area (Å²) < 4.78 is 11.7. The molecule has 0 bridgehead atoms. The van der Waals surface area contributed by atoms with Gasteiger partial charge in [0.2, 0.25) is 0 Å². The fourth-order valence-corrected chi connectivity index (χ4v) is 3.75. The molecule has 2 aliphatic rings. The van der Waals surface area contributed by atoms with Gasteiger partial charge in [0.25, 0.3) is 0 Å². The highest BCUT2D eigenvalue weighted by atomic mass is 16.5. The van der Waals surface area contributed by atoms with E-state index in [1.807, 2.05) is 24.3 Å². The molecule has 1 unspecified atom stereocenters. The second kappa shape index (κ2) is 6.71. The summed E-state index contributed by atoms with van der Waals surface area (Å²) in [5.41, 5.74) is 0.0805. The van der Waals surface area contributed by atoms with E-state index in [4.69, 9.17) is 9.47 Å². The Labute approximate surface area is 143 Å². The maximum atomic E-state index is 10.3. The Kier molecular flexibility index (Phi) is 4.44. The first-order valence-corrected chi connectivity index (χ1v) is 8.89. The second-order valence-corrected chi connectivity index (χ2v) is 7.09. The van der Waals surface area contributed by atoms with Gasteiger partial charge in [-0.2, -0.15) is 0 Å². The molecule has 24 heavy (non-hydrogen) atoms. The van der Waals surface area contributed by atoms with Gasteiger partial charge in [0, 0.05) is 19.6 Å². The van der Waals surface area contributed by atoms with Crippen molar-refractivity contribution in [1.82, 2.24) is 4.90 Å². The number of nitrogens with zero attached hydrogens (tertiary/aromatic N) is 1. The standard InChI is InChI=1S/C20H25NO3/c22-18(13-21-10-11-24-20(15-21)8-3-9-20)14-23-19-7-6-16-4-1-2-5-17(16)12-19/h1-2,4-7,12,18,22H,3,8-11,13-15H2. The van der Waals surface area contributed by atoms with E-state index in [1.54, 1.807) is 0 Å². The zero-order valence-corrected chi connectivity index (χ0v) is 14.0. The van der Waals surface area contributed by atoms with Gasteiger partial charge < -0.3 is 14.6 Å². The number of aliphatic hydroxyl groups excluding tert-OH is 1. The molecular formula is C20H25NO3. The van der Waals surface area contributed by atoms with E-state index >= 15 is 0 Å². The van der Waals surface area contributed by atoms with Crippen molar-refractivity contribution in [2.75, 3.05) is 32.8 Å². The largest absolute Gasteiger partial charge is 0.491 e. The first-order chi connectivity index (χ1) is 11.7. The minimum Gasteiger partial charge on any atom is -0.491 e. The summed E-state index contributed by atoms with van der Waals surface area (Å²) >= 11 is 0. The summed E-state index contributed by atoms with van der Waals surface area (Å²) in [6.45, 7) is 3.59. The maximum Gasteiger partial charge on any atom is 0.120 e. The minimum atomic E-state index is -0.480. The molecule has 1 N–H and O–H groups in total. The molecule has 128 valence electrons. The molecule has 4 heteroatoms. The highest BCUT2D eigenvalue weighted by molar-refractivity contribution is 5.83. The number of morpholine rings is 1. The van der Waals surface area contributed by atoms with Crippen LogP contribution in [0, 0.1) is 0 Å². The van der Waals surface area contributed by atoms with E-state index in [9.17, 15) is 5.11 Å². The molecular weight excluding hydrogens is 302 g/mol. The summed E-state index contributed by atoms with van der Waals surface area (Å²) in [5, 5.41) is 12.7. The van der Waals surface area contributed by atoms with Gasteiger partial charge in [-0.15, -0.1) is 0 Å². The fraction of sp³-hybridized carbons (Fsp3) is 0.500. The van der Waals surface area contributed by atoms with Gasteiger partial charge in [-0.25, -0.2) is 0 Å². The SMILES string of the molecule is OC(COc1ccc2ccccc2c1)CN1CCOC2(CCC2)C1. The summed E-state index contributed by atoms with van der Waals surface area (Å²) in [6.07, 6.45) is 3.11. The number of β-amino-alcohol motifs (C(OH)–C–C–N with tert-alkyl or cyclic N) is 1. The van der Waals surface area contributed by atoms with Gasteiger partial charge in [0.15, 0.2) is 0 Å². The summed E-state index contributed by atoms with van der Waals surface area (Å²) in [5.74, 6) is 0.810. The zero-order chi connectivity index (χ0) is 16.4. The lowest BCUT2D eigenvalue weighted by atomic mass is 9.79. The van der Waals surface area contributed by atoms with Crippen LogP contribution in [0.2, 0.25) is 0 Å². The molecule has 1 saturated heterocycles. The van der Waals surface area contributed by atoms with E-state index in [-0.39, 0.29) is 5.60 Å². The van der Waals surface area contributed by atoms with Crippen LogP contribution in [0.4, 0.5) is 0 Å². The first kappa shape index (κ1) is 15.9. The lowest BCUT2D eigenvalue weighted by molar-refractivity contribution is -0.155. The van der Waals surface area contributed by atoms with Crippen molar-refractivity contribution in [2.24, 2.45) is 0 Å². The molecule has 1 saturated carbocycles. The average Bonchev–Trinajstić information content (AvgIpc) is 2.59. The molecule has 4 rings (SSSR count). The monoisotopic (exact) mass is 327 g/mol. The van der Waals surface area contributed by atoms with Crippen LogP contribution in [0.1, 0.15) is 19.3 Å². The van der Waals surface area contributed by atoms with Crippen LogP contribution in [-0.4, -0.2) is 54.6 Å². The molecule has 0 radical (unpaired) electrons. The molecule has 2 fully saturated rings. The van der Waals surface area contributed by atoms with Crippen LogP contribution in [0.15, 0.2) is 42.5 Å². The van der Waals surface area contributed by atoms with Crippen molar-refractivity contribution in [1.29, 1.82) is 0 Å². The number of hydrogen-bond acceptors (Lipinski definition) is 4. The van der Waals surface area contributed by atoms with Crippen molar-refractivity contribution in [3.63, 3.8) is 0 Å². The van der Waals surface area contributed by atoms with Crippen LogP contribution < -0.4 is 4.74 Å². The van der Waals surface area contributed by atoms with E-state index in [0.717, 1.165) is 43.7 Å². The summed E-state index contributed by atoms with van der Waals surface area (Å²) in [6, 6.07) is 14.3. The number of aliphatic hydroxyl groups is 1. The van der Waals surface area contributed by atoms with E-state index < -0.39 is 6.10 Å². The number of benzene rings is 2. The highest BCUT2D eigenvalue weighted by Crippen LogP contribution is 2.38. The Morgan fingerprint density at radius 3 is 2.79 bits per heavy atom. The van der Waals surface area contributed by atoms with Crippen LogP contribution in [0.5, 0.6) is 5.75 Å². The molecule has 0 amide bonds. The Morgan fingerprint density at radius 1 is 1.17 bits per heavy atom. The van der Waals surface area contributed by atoms with E-state index in [0.29, 0.717) is 13.2 Å². The quantitative estimate of drug-likeness (QED) is 0.917. The molecule has 1 heterocycles. The van der Waals surface area contributed by atoms with Crippen molar-refractivity contribution in [2.45, 2.75) is 31.0 Å². The first-order valence-electron chi connectivity index (χ1n) is 8.89. The third-order valence-corrected chi connectivity index (χ3v) is 5.22. The molecule has 2 aromatic rings. The van der Waals surface area contributed by atoms with Crippen molar-refractivity contribution >= 4 is 10.8 Å². The molecule has 0 aromatic heterocycles. The number of hydrogen-bond donors (Lipinski definition) is 1. The van der Waals surface area contributed by atoms with Crippen LogP contribution in [0.3, 0.4) is 0 Å². The van der Waals surface area contributed by atoms with Crippen LogP contribution >= 0.6 is 0 Å². The Hall–Kier alpha value is -1.62. The molecule has 1 atom stereocenters. The van der Waals surface area contributed by atoms with Crippen molar-refractivity contribution in [3.8, 4) is 5.75 Å². The Morgan fingerprint density at radius 2 is 2.00 bits per heavy atom. The van der Waals surface area contributed by atoms with E-state index in [2.05, 4.69) is 23.1 Å². The average molecular weight is 327 g/mol. The molecule has 4 nitrogen and oxygen atoms in total. The van der Waals surface area contributed by atoms with Gasteiger partial charge in [-0.05, 0) is 42.2 Å². The second-order valence-electron chi connectivity index (χ2n) is 7.09. The van der Waals surface area contributed by atoms with Crippen LogP contribution in [-0.2, 0) is 4.74 Å². The molecule has 1 aliphatic carbocycles. The fourth-order valence-electron chi connectivity index (χ4n) is 3.75. The third-order valence-electron chi connectivity index (χ3n) is 5.22. The van der Waals surface area contributed by atoms with Gasteiger partial charge in [-0.1, -0.05) is 30.3 Å². The Balaban J connectivity index is 1.30. The predicted octanol–water partition coefficient (Wildman–Crippen LogP) is 2.83. The summed E-state index contributed by atoms with van der Waals surface area (Å²) in [7, 11) is 0. The van der Waals surface area contributed by atoms with Gasteiger partial charge in [0.05, 0.1) is 12.2 Å². The lowest BCUT2D eigenvalue weighted by Gasteiger charge is -2.48. The van der Waals surface area contributed by atoms with Crippen LogP contribution in [0.25, 0.3) is 10.8 Å². The minimum absolute atomic E-state index is 0.0805. The summed E-state index contributed by atoms with van der Waals surface area (Å²) in [4.78, 5) is 2.32. The number of ether oxygens (including phenoxy) is 2. The molecule has 2 aromatic carbocycles. The normalized spacial score (nSPS) is 21.5. The predicted molar refractivity (Wildman–Crippen MR) is 94.4 cm³/mol. The van der Waals surface area contributed by atoms with Gasteiger partial charge in [0.1, 0.15) is 18.5 Å². The van der Waals surface area contributed by atoms with Crippen molar-refractivity contribution in [3.05, 3.63) is 42.5 Å². The van der Waals surface area contributed by atoms with Crippen molar-refractivity contribution < 1.29 is 14.6 Å². The lowest BCUT2D eigenvalue weighted by Crippen LogP contribution is -2.57. The highest BCUT2D eigenvalue weighted by Gasteiger charge is 2.42. The maximum absolute atomic E-state index is 10.3. The van der Waals surface area contributed by atoms with Gasteiger partial charge >= 0.3 is 0 Å². The zero-order valence-electron chi connectivity index (χ0n) is 14.0. The smallest absolute Gasteiger partial charge is 0.120 e. The third kappa shape index (κ3) is 3.41. The van der Waals surface area contributed by atoms with Gasteiger partial charge in [-0.3, -0.25) is 4.90 Å². The topological polar surface area (TPSA) is 41.9 Å². The number of rotatable bonds is 5. The molecule has 1 aliphatic heterocycles. The Bertz CT molecular complexity index is 698. The number of fused-ring (bicyclic) bond motifs is 1. The van der Waals surface area contributed by atoms with E-state index in [1.165, 1.54) is 11.8 Å².